The highest BCUT2D eigenvalue weighted by molar-refractivity contribution is 6.30. The van der Waals surface area contributed by atoms with Gasteiger partial charge in [-0.05, 0) is 51.1 Å². The van der Waals surface area contributed by atoms with Gasteiger partial charge in [0.25, 0.3) is 0 Å². The van der Waals surface area contributed by atoms with Crippen LogP contribution in [0.4, 0.5) is 5.69 Å². The first-order valence-corrected chi connectivity index (χ1v) is 8.70. The normalized spacial score (nSPS) is 11.0. The van der Waals surface area contributed by atoms with Crippen LogP contribution in [0, 0.1) is 0 Å². The van der Waals surface area contributed by atoms with E-state index in [0.29, 0.717) is 16.3 Å². The topological polar surface area (TPSA) is 84.9 Å². The predicted molar refractivity (Wildman–Crippen MR) is 103 cm³/mol. The van der Waals surface area contributed by atoms with Crippen LogP contribution in [0.15, 0.2) is 36.4 Å². The third kappa shape index (κ3) is 6.18. The van der Waals surface area contributed by atoms with Gasteiger partial charge in [0.1, 0.15) is 22.7 Å². The van der Waals surface area contributed by atoms with Crippen molar-refractivity contribution in [2.75, 3.05) is 5.32 Å². The number of phenols is 1. The van der Waals surface area contributed by atoms with E-state index >= 15 is 0 Å². The lowest BCUT2D eigenvalue weighted by Crippen LogP contribution is -2.24. The molecule has 0 unspecified atom stereocenters. The molecule has 144 valence electrons. The van der Waals surface area contributed by atoms with Crippen molar-refractivity contribution >= 4 is 29.2 Å². The van der Waals surface area contributed by atoms with E-state index in [9.17, 15) is 14.7 Å². The van der Waals surface area contributed by atoms with Crippen molar-refractivity contribution in [3.8, 4) is 11.5 Å². The van der Waals surface area contributed by atoms with Crippen molar-refractivity contribution in [3.05, 3.63) is 52.5 Å². The first kappa shape index (κ1) is 20.6. The lowest BCUT2D eigenvalue weighted by molar-refractivity contribution is -0.131. The monoisotopic (exact) mass is 391 g/mol. The number of carbonyl (C=O) groups excluding carboxylic acids is 2. The fourth-order valence-electron chi connectivity index (χ4n) is 2.27. The van der Waals surface area contributed by atoms with Gasteiger partial charge < -0.3 is 19.9 Å². The number of aromatic hydroxyl groups is 1. The van der Waals surface area contributed by atoms with Crippen LogP contribution in [0.2, 0.25) is 5.02 Å². The van der Waals surface area contributed by atoms with E-state index in [1.807, 2.05) is 0 Å². The molecule has 6 nitrogen and oxygen atoms in total. The summed E-state index contributed by atoms with van der Waals surface area (Å²) in [7, 11) is 0. The number of halogens is 1. The molecule has 0 saturated carbocycles. The highest BCUT2D eigenvalue weighted by atomic mass is 35.5. The Morgan fingerprint density at radius 1 is 1.15 bits per heavy atom. The molecular weight excluding hydrogens is 370 g/mol. The van der Waals surface area contributed by atoms with Gasteiger partial charge in [-0.2, -0.15) is 0 Å². The number of esters is 2. The SMILES string of the molecule is CC(=O)Oc1cc(NCc2cc(Cl)ccc2O)ccc1C(=O)OC(C)(C)C. The van der Waals surface area contributed by atoms with Crippen molar-refractivity contribution in [1.82, 2.24) is 0 Å². The summed E-state index contributed by atoms with van der Waals surface area (Å²) in [6, 6.07) is 9.46. The Labute approximate surface area is 163 Å². The summed E-state index contributed by atoms with van der Waals surface area (Å²) in [6.45, 7) is 6.80. The maximum absolute atomic E-state index is 12.4. The van der Waals surface area contributed by atoms with Gasteiger partial charge in [-0.25, -0.2) is 4.79 Å². The zero-order valence-electron chi connectivity index (χ0n) is 15.6. The molecule has 2 aromatic carbocycles. The Morgan fingerprint density at radius 3 is 2.48 bits per heavy atom. The molecule has 0 atom stereocenters. The minimum absolute atomic E-state index is 0.0945. The second kappa shape index (κ2) is 8.31. The molecule has 0 spiro atoms. The van der Waals surface area contributed by atoms with Crippen molar-refractivity contribution in [2.24, 2.45) is 0 Å². The molecule has 2 N–H and O–H groups in total. The van der Waals surface area contributed by atoms with Crippen molar-refractivity contribution in [3.63, 3.8) is 0 Å². The molecule has 0 radical (unpaired) electrons. The molecule has 0 aliphatic carbocycles. The van der Waals surface area contributed by atoms with Gasteiger partial charge in [-0.15, -0.1) is 0 Å². The van der Waals surface area contributed by atoms with E-state index in [1.54, 1.807) is 39.0 Å². The Balaban J connectivity index is 2.24. The van der Waals surface area contributed by atoms with Crippen molar-refractivity contribution in [2.45, 2.75) is 39.8 Å². The van der Waals surface area contributed by atoms with E-state index in [-0.39, 0.29) is 23.6 Å². The summed E-state index contributed by atoms with van der Waals surface area (Å²) in [5.74, 6) is -0.934. The Kier molecular flexibility index (Phi) is 6.33. The number of anilines is 1. The zero-order chi connectivity index (χ0) is 20.2. The maximum atomic E-state index is 12.4. The molecular formula is C20H22ClNO5. The van der Waals surface area contributed by atoms with Crippen LogP contribution >= 0.6 is 11.6 Å². The van der Waals surface area contributed by atoms with Crippen LogP contribution < -0.4 is 10.1 Å². The molecule has 0 amide bonds. The van der Waals surface area contributed by atoms with Crippen LogP contribution in [0.5, 0.6) is 11.5 Å². The van der Waals surface area contributed by atoms with Crippen molar-refractivity contribution in [1.29, 1.82) is 0 Å². The molecule has 2 rings (SSSR count). The van der Waals surface area contributed by atoms with Gasteiger partial charge in [0.2, 0.25) is 0 Å². The van der Waals surface area contributed by atoms with Gasteiger partial charge in [0.15, 0.2) is 0 Å². The molecule has 0 heterocycles. The predicted octanol–water partition coefficient (Wildman–Crippen LogP) is 4.54. The molecule has 0 saturated heterocycles. The molecule has 0 aliphatic heterocycles. The molecule has 0 bridgehead atoms. The van der Waals surface area contributed by atoms with Crippen molar-refractivity contribution < 1.29 is 24.2 Å². The van der Waals surface area contributed by atoms with E-state index in [4.69, 9.17) is 21.1 Å². The van der Waals surface area contributed by atoms with Gasteiger partial charge in [0, 0.05) is 35.8 Å². The minimum Gasteiger partial charge on any atom is -0.508 e. The standard InChI is InChI=1S/C20H22ClNO5/c1-12(23)26-18-10-15(6-7-16(18)19(25)27-20(2,3)4)22-11-13-9-14(21)5-8-17(13)24/h5-10,22,24H,11H2,1-4H3. The van der Waals surface area contributed by atoms with E-state index in [2.05, 4.69) is 5.32 Å². The summed E-state index contributed by atoms with van der Waals surface area (Å²) < 4.78 is 10.5. The number of rotatable bonds is 5. The van der Waals surface area contributed by atoms with E-state index < -0.39 is 17.5 Å². The number of ether oxygens (including phenoxy) is 2. The second-order valence-corrected chi connectivity index (χ2v) is 7.37. The maximum Gasteiger partial charge on any atom is 0.342 e. The number of hydrogen-bond acceptors (Lipinski definition) is 6. The van der Waals surface area contributed by atoms with Gasteiger partial charge in [-0.3, -0.25) is 4.79 Å². The minimum atomic E-state index is -0.675. The summed E-state index contributed by atoms with van der Waals surface area (Å²) in [6.07, 6.45) is 0. The van der Waals surface area contributed by atoms with Crippen LogP contribution in [-0.2, 0) is 16.1 Å². The van der Waals surface area contributed by atoms with Gasteiger partial charge in [0.05, 0.1) is 0 Å². The van der Waals surface area contributed by atoms with Gasteiger partial charge in [-0.1, -0.05) is 11.6 Å². The summed E-state index contributed by atoms with van der Waals surface area (Å²) >= 11 is 5.94. The number of nitrogens with one attached hydrogen (secondary N) is 1. The molecule has 0 aromatic heterocycles. The molecule has 2 aromatic rings. The Bertz CT molecular complexity index is 858. The van der Waals surface area contributed by atoms with E-state index in [0.717, 1.165) is 0 Å². The summed E-state index contributed by atoms with van der Waals surface area (Å²) in [5, 5.41) is 13.5. The number of carbonyl (C=O) groups is 2. The average molecular weight is 392 g/mol. The van der Waals surface area contributed by atoms with Gasteiger partial charge >= 0.3 is 11.9 Å². The highest BCUT2D eigenvalue weighted by Crippen LogP contribution is 2.28. The van der Waals surface area contributed by atoms with Crippen LogP contribution in [0.1, 0.15) is 43.6 Å². The largest absolute Gasteiger partial charge is 0.508 e. The third-order valence-corrected chi connectivity index (χ3v) is 3.61. The first-order chi connectivity index (χ1) is 12.5. The molecule has 0 fully saturated rings. The fourth-order valence-corrected chi connectivity index (χ4v) is 2.46. The third-order valence-electron chi connectivity index (χ3n) is 3.38. The second-order valence-electron chi connectivity index (χ2n) is 6.93. The van der Waals surface area contributed by atoms with Crippen LogP contribution in [0.3, 0.4) is 0 Å². The smallest absolute Gasteiger partial charge is 0.342 e. The molecule has 27 heavy (non-hydrogen) atoms. The van der Waals surface area contributed by atoms with Crippen LogP contribution in [-0.4, -0.2) is 22.6 Å². The Morgan fingerprint density at radius 2 is 1.85 bits per heavy atom. The highest BCUT2D eigenvalue weighted by Gasteiger charge is 2.22. The molecule has 0 aliphatic rings. The summed E-state index contributed by atoms with van der Waals surface area (Å²) in [5.41, 5.74) is 0.674. The van der Waals surface area contributed by atoms with Crippen LogP contribution in [0.25, 0.3) is 0 Å². The number of hydrogen-bond donors (Lipinski definition) is 2. The zero-order valence-corrected chi connectivity index (χ0v) is 16.4. The Hall–Kier alpha value is -2.73. The number of benzene rings is 2. The lowest BCUT2D eigenvalue weighted by Gasteiger charge is -2.20. The first-order valence-electron chi connectivity index (χ1n) is 8.32. The van der Waals surface area contributed by atoms with E-state index in [1.165, 1.54) is 25.1 Å². The number of phenolic OH excluding ortho intramolecular Hbond substituents is 1. The summed E-state index contributed by atoms with van der Waals surface area (Å²) in [4.78, 5) is 23.8. The average Bonchev–Trinajstić information content (AvgIpc) is 2.53. The molecule has 7 heteroatoms. The fraction of sp³-hybridized carbons (Fsp3) is 0.300. The lowest BCUT2D eigenvalue weighted by atomic mass is 10.1. The quantitative estimate of drug-likeness (QED) is 0.575.